The van der Waals surface area contributed by atoms with Crippen molar-refractivity contribution < 1.29 is 14.7 Å². The molecule has 8 heteroatoms. The number of nitrogens with two attached hydrogens (primary N) is 1. The summed E-state index contributed by atoms with van der Waals surface area (Å²) >= 11 is 0. The van der Waals surface area contributed by atoms with Crippen molar-refractivity contribution in [3.63, 3.8) is 0 Å². The zero-order chi connectivity index (χ0) is 16.8. The molecule has 23 heavy (non-hydrogen) atoms. The molecule has 8 nitrogen and oxygen atoms in total. The first-order valence-corrected chi connectivity index (χ1v) is 8.30. The van der Waals surface area contributed by atoms with Gasteiger partial charge in [-0.3, -0.25) is 19.4 Å². The molecule has 2 aliphatic heterocycles. The number of hydrogen-bond acceptors (Lipinski definition) is 6. The van der Waals surface area contributed by atoms with Gasteiger partial charge in [0.1, 0.15) is 0 Å². The predicted molar refractivity (Wildman–Crippen MR) is 86.7 cm³/mol. The molecule has 0 bridgehead atoms. The normalized spacial score (nSPS) is 25.3. The lowest BCUT2D eigenvalue weighted by Gasteiger charge is -2.35. The highest BCUT2D eigenvalue weighted by atomic mass is 16.3. The third-order valence-corrected chi connectivity index (χ3v) is 4.72. The van der Waals surface area contributed by atoms with Crippen molar-refractivity contribution >= 4 is 11.8 Å². The van der Waals surface area contributed by atoms with Gasteiger partial charge in [-0.1, -0.05) is 0 Å². The number of rotatable bonds is 5. The number of piperazine rings is 1. The van der Waals surface area contributed by atoms with E-state index in [0.29, 0.717) is 32.7 Å². The maximum Gasteiger partial charge on any atom is 0.236 e. The van der Waals surface area contributed by atoms with E-state index in [1.54, 1.807) is 4.90 Å². The SMILES string of the molecule is CN1CCN(C(=O)CN2CCN(CCO)CC2)C[C@@H](C(N)=O)C1. The number of aliphatic hydroxyl groups is 1. The molecule has 2 heterocycles. The summed E-state index contributed by atoms with van der Waals surface area (Å²) in [6.07, 6.45) is 0. The van der Waals surface area contributed by atoms with Gasteiger partial charge in [-0.15, -0.1) is 0 Å². The summed E-state index contributed by atoms with van der Waals surface area (Å²) in [5.74, 6) is -0.566. The smallest absolute Gasteiger partial charge is 0.236 e. The van der Waals surface area contributed by atoms with Crippen LogP contribution >= 0.6 is 0 Å². The maximum absolute atomic E-state index is 12.6. The number of likely N-dealkylation sites (N-methyl/N-ethyl adjacent to an activating group) is 1. The number of carbonyl (C=O) groups excluding carboxylic acids is 2. The minimum Gasteiger partial charge on any atom is -0.395 e. The Kier molecular flexibility index (Phi) is 6.76. The average Bonchev–Trinajstić information content (AvgIpc) is 2.71. The van der Waals surface area contributed by atoms with E-state index in [1.807, 2.05) is 7.05 Å². The molecule has 0 aliphatic carbocycles. The fraction of sp³-hybridized carbons (Fsp3) is 0.867. The van der Waals surface area contributed by atoms with Crippen LogP contribution in [0.1, 0.15) is 0 Å². The zero-order valence-electron chi connectivity index (χ0n) is 14.0. The van der Waals surface area contributed by atoms with Crippen molar-refractivity contribution in [3.8, 4) is 0 Å². The van der Waals surface area contributed by atoms with Gasteiger partial charge in [-0.2, -0.15) is 0 Å². The van der Waals surface area contributed by atoms with Crippen molar-refractivity contribution in [2.75, 3.05) is 79.1 Å². The van der Waals surface area contributed by atoms with Gasteiger partial charge in [0, 0.05) is 58.9 Å². The second-order valence-corrected chi connectivity index (χ2v) is 6.54. The summed E-state index contributed by atoms with van der Waals surface area (Å²) < 4.78 is 0. The van der Waals surface area contributed by atoms with E-state index in [2.05, 4.69) is 14.7 Å². The van der Waals surface area contributed by atoms with Crippen LogP contribution in [0.2, 0.25) is 0 Å². The molecule has 0 unspecified atom stereocenters. The van der Waals surface area contributed by atoms with Crippen LogP contribution in [0, 0.1) is 5.92 Å². The van der Waals surface area contributed by atoms with Gasteiger partial charge in [0.25, 0.3) is 0 Å². The largest absolute Gasteiger partial charge is 0.395 e. The van der Waals surface area contributed by atoms with Gasteiger partial charge >= 0.3 is 0 Å². The summed E-state index contributed by atoms with van der Waals surface area (Å²) in [6, 6.07) is 0. The molecule has 0 saturated carbocycles. The van der Waals surface area contributed by atoms with E-state index >= 15 is 0 Å². The molecule has 2 amide bonds. The van der Waals surface area contributed by atoms with E-state index < -0.39 is 0 Å². The Morgan fingerprint density at radius 2 is 1.70 bits per heavy atom. The molecule has 132 valence electrons. The molecule has 0 aromatic heterocycles. The molecule has 2 saturated heterocycles. The molecule has 2 rings (SSSR count). The Hall–Kier alpha value is -1.22. The molecule has 2 fully saturated rings. The lowest BCUT2D eigenvalue weighted by molar-refractivity contribution is -0.134. The van der Waals surface area contributed by atoms with E-state index in [4.69, 9.17) is 10.8 Å². The Bertz CT molecular complexity index is 412. The predicted octanol–water partition coefficient (Wildman–Crippen LogP) is -2.53. The van der Waals surface area contributed by atoms with E-state index in [1.165, 1.54) is 0 Å². The maximum atomic E-state index is 12.6. The van der Waals surface area contributed by atoms with Crippen LogP contribution < -0.4 is 5.73 Å². The highest BCUT2D eigenvalue weighted by Gasteiger charge is 2.28. The quantitative estimate of drug-likeness (QED) is 0.579. The Morgan fingerprint density at radius 3 is 2.30 bits per heavy atom. The highest BCUT2D eigenvalue weighted by molar-refractivity contribution is 5.81. The minimum absolute atomic E-state index is 0.0714. The molecular formula is C15H29N5O3. The summed E-state index contributed by atoms with van der Waals surface area (Å²) in [6.45, 7) is 7.11. The fourth-order valence-electron chi connectivity index (χ4n) is 3.18. The van der Waals surface area contributed by atoms with E-state index in [0.717, 1.165) is 32.7 Å². The van der Waals surface area contributed by atoms with Gasteiger partial charge in [-0.25, -0.2) is 0 Å². The van der Waals surface area contributed by atoms with Crippen molar-refractivity contribution in [2.45, 2.75) is 0 Å². The van der Waals surface area contributed by atoms with Crippen molar-refractivity contribution in [3.05, 3.63) is 0 Å². The zero-order valence-corrected chi connectivity index (χ0v) is 14.0. The number of carbonyl (C=O) groups is 2. The Labute approximate surface area is 137 Å². The van der Waals surface area contributed by atoms with Gasteiger partial charge in [0.05, 0.1) is 19.1 Å². The lowest BCUT2D eigenvalue weighted by atomic mass is 10.1. The van der Waals surface area contributed by atoms with Gasteiger partial charge in [0.2, 0.25) is 11.8 Å². The second-order valence-electron chi connectivity index (χ2n) is 6.54. The average molecular weight is 327 g/mol. The van der Waals surface area contributed by atoms with Crippen molar-refractivity contribution in [1.29, 1.82) is 0 Å². The van der Waals surface area contributed by atoms with Crippen LogP contribution in [-0.4, -0.2) is 116 Å². The number of amides is 2. The van der Waals surface area contributed by atoms with Crippen LogP contribution in [0.25, 0.3) is 0 Å². The van der Waals surface area contributed by atoms with Gasteiger partial charge in [0.15, 0.2) is 0 Å². The van der Waals surface area contributed by atoms with Crippen LogP contribution in [0.15, 0.2) is 0 Å². The number of hydrogen-bond donors (Lipinski definition) is 2. The summed E-state index contributed by atoms with van der Waals surface area (Å²) in [4.78, 5) is 32.3. The van der Waals surface area contributed by atoms with Gasteiger partial charge in [-0.05, 0) is 7.05 Å². The topological polar surface area (TPSA) is 93.3 Å². The number of primary amides is 1. The molecular weight excluding hydrogens is 298 g/mol. The van der Waals surface area contributed by atoms with Crippen LogP contribution in [0.4, 0.5) is 0 Å². The fourth-order valence-corrected chi connectivity index (χ4v) is 3.18. The molecule has 0 aromatic carbocycles. The van der Waals surface area contributed by atoms with Crippen LogP contribution in [0.5, 0.6) is 0 Å². The van der Waals surface area contributed by atoms with Crippen molar-refractivity contribution in [2.24, 2.45) is 11.7 Å². The van der Waals surface area contributed by atoms with E-state index in [-0.39, 0.29) is 24.3 Å². The second kappa shape index (κ2) is 8.58. The highest BCUT2D eigenvalue weighted by Crippen LogP contribution is 2.10. The summed E-state index contributed by atoms with van der Waals surface area (Å²) in [5, 5.41) is 8.96. The molecule has 0 aromatic rings. The molecule has 3 N–H and O–H groups in total. The Morgan fingerprint density at radius 1 is 1.04 bits per heavy atom. The van der Waals surface area contributed by atoms with Crippen molar-refractivity contribution in [1.82, 2.24) is 19.6 Å². The Balaban J connectivity index is 1.83. The first kappa shape index (κ1) is 18.1. The first-order chi connectivity index (χ1) is 11.0. The van der Waals surface area contributed by atoms with E-state index in [9.17, 15) is 9.59 Å². The molecule has 0 spiro atoms. The van der Waals surface area contributed by atoms with Crippen LogP contribution in [-0.2, 0) is 9.59 Å². The minimum atomic E-state index is -0.339. The number of aliphatic hydroxyl groups excluding tert-OH is 1. The molecule has 1 atom stereocenters. The standard InChI is InChI=1S/C15H29N5O3/c1-17-2-7-20(11-13(10-17)15(16)23)14(22)12-19-5-3-18(4-6-19)8-9-21/h13,21H,2-12H2,1H3,(H2,16,23)/t13-/m0/s1. The number of nitrogens with zero attached hydrogens (tertiary/aromatic N) is 4. The lowest BCUT2D eigenvalue weighted by Crippen LogP contribution is -2.51. The van der Waals surface area contributed by atoms with Gasteiger partial charge < -0.3 is 20.6 Å². The monoisotopic (exact) mass is 327 g/mol. The first-order valence-electron chi connectivity index (χ1n) is 8.30. The van der Waals surface area contributed by atoms with Crippen LogP contribution in [0.3, 0.4) is 0 Å². The summed E-state index contributed by atoms with van der Waals surface area (Å²) in [5.41, 5.74) is 5.45. The summed E-state index contributed by atoms with van der Waals surface area (Å²) in [7, 11) is 1.95. The third kappa shape index (κ3) is 5.42. The molecule has 2 aliphatic rings. The number of β-amino-alcohol motifs (C(OH)–C–C–N with tert-alkyl or cyclic N) is 1. The molecule has 0 radical (unpaired) electrons. The third-order valence-electron chi connectivity index (χ3n) is 4.72.